The first kappa shape index (κ1) is 66.4. The Bertz CT molecular complexity index is 1920. The van der Waals surface area contributed by atoms with Crippen molar-refractivity contribution in [1.82, 2.24) is 16.0 Å². The molecule has 0 aromatic carbocycles. The molecule has 6 saturated heterocycles. The van der Waals surface area contributed by atoms with Gasteiger partial charge in [0.1, 0.15) is 146 Å². The van der Waals surface area contributed by atoms with Gasteiger partial charge >= 0.3 is 0 Å². The number of rotatable bonds is 24. The molecule has 0 aromatic rings. The molecule has 6 fully saturated rings. The molecule has 6 aliphatic rings. The van der Waals surface area contributed by atoms with E-state index < -0.39 is 255 Å². The Morgan fingerprint density at radius 3 is 1.26 bits per heavy atom. The SMILES string of the molecule is CC(=O)N[C@H]1[C@H](O[C@@H]2[C@@H](O)[C@H](O[C@H]3[C@H](O)[C@@H](O)[C@H](OC[C@@H](CO)NC=O)O[C@@H]3CO)O[C@H](CO)[C@@H]2O[C@@H]2O[C@H](CO)[C@H](O)[C@H](O)[C@H]2NC(C)=O)O[C@H](CO)[C@H](O[C@@H]2O[C@H](CO)[C@H](O)[C@H](O[C@H]3O[C@H](CO)[C@H](O)[C@H](O)[C@H]3O)[C@H]2O)[C@@H]1O. The van der Waals surface area contributed by atoms with Crippen LogP contribution in [0, 0.1) is 0 Å². The van der Waals surface area contributed by atoms with Crippen molar-refractivity contribution in [3.8, 4) is 0 Å². The fraction of sp³-hybridized carbons (Fsp3) is 0.932. The quantitative estimate of drug-likeness (QED) is 0.0399. The van der Waals surface area contributed by atoms with Crippen LogP contribution in [0.4, 0.5) is 0 Å². The number of carbonyl (C=O) groups is 3. The zero-order valence-corrected chi connectivity index (χ0v) is 42.8. The van der Waals surface area contributed by atoms with Gasteiger partial charge in [0.05, 0.1) is 58.9 Å². The summed E-state index contributed by atoms with van der Waals surface area (Å²) in [5.74, 6) is -1.73. The summed E-state index contributed by atoms with van der Waals surface area (Å²) in [7, 11) is 0. The molecule has 6 rings (SSSR count). The van der Waals surface area contributed by atoms with Crippen molar-refractivity contribution in [2.75, 3.05) is 52.9 Å². The number of aliphatic hydroxyl groups is 18. The van der Waals surface area contributed by atoms with Gasteiger partial charge in [0.2, 0.25) is 18.2 Å². The Labute approximate surface area is 453 Å². The Hall–Kier alpha value is -2.79. The maximum absolute atomic E-state index is 12.9. The zero-order valence-electron chi connectivity index (χ0n) is 42.8. The van der Waals surface area contributed by atoms with Crippen molar-refractivity contribution in [2.45, 2.75) is 204 Å². The molecule has 3 amide bonds. The summed E-state index contributed by atoms with van der Waals surface area (Å²) in [5, 5.41) is 201. The smallest absolute Gasteiger partial charge is 0.217 e. The molecule has 0 aliphatic carbocycles. The lowest BCUT2D eigenvalue weighted by atomic mass is 9.93. The lowest BCUT2D eigenvalue weighted by molar-refractivity contribution is -0.397. The van der Waals surface area contributed by atoms with E-state index in [1.54, 1.807) is 0 Å². The molecular weight excluding hydrogens is 1100 g/mol. The third-order valence-corrected chi connectivity index (χ3v) is 14.2. The Morgan fingerprint density at radius 2 is 0.762 bits per heavy atom. The van der Waals surface area contributed by atoms with Gasteiger partial charge in [0.25, 0.3) is 0 Å². The van der Waals surface area contributed by atoms with Gasteiger partial charge in [-0.15, -0.1) is 0 Å². The number of amides is 3. The van der Waals surface area contributed by atoms with Crippen molar-refractivity contribution in [3.63, 3.8) is 0 Å². The van der Waals surface area contributed by atoms with E-state index in [4.69, 9.17) is 56.8 Å². The first-order valence-electron chi connectivity index (χ1n) is 25.3. The first-order valence-corrected chi connectivity index (χ1v) is 25.3. The number of carbonyl (C=O) groups excluding carboxylic acids is 3. The van der Waals surface area contributed by atoms with Gasteiger partial charge in [-0.25, -0.2) is 0 Å². The molecule has 6 heterocycles. The van der Waals surface area contributed by atoms with Gasteiger partial charge in [-0.05, 0) is 0 Å². The topological polar surface area (TPSA) is 562 Å². The number of hydrogen-bond donors (Lipinski definition) is 21. The van der Waals surface area contributed by atoms with Gasteiger partial charge in [-0.3, -0.25) is 14.4 Å². The summed E-state index contributed by atoms with van der Waals surface area (Å²) in [6, 6.07) is -4.62. The summed E-state index contributed by atoms with van der Waals surface area (Å²) in [6.45, 7) is -5.21. The molecule has 36 nitrogen and oxygen atoms in total. The molecule has 31 atom stereocenters. The van der Waals surface area contributed by atoms with E-state index >= 15 is 0 Å². The number of hydrogen-bond acceptors (Lipinski definition) is 33. The van der Waals surface area contributed by atoms with Gasteiger partial charge in [-0.2, -0.15) is 0 Å². The van der Waals surface area contributed by atoms with E-state index in [-0.39, 0.29) is 6.41 Å². The fourth-order valence-corrected chi connectivity index (χ4v) is 9.90. The van der Waals surface area contributed by atoms with Crippen molar-refractivity contribution >= 4 is 18.2 Å². The predicted molar refractivity (Wildman–Crippen MR) is 246 cm³/mol. The summed E-state index contributed by atoms with van der Waals surface area (Å²) in [4.78, 5) is 36.2. The molecule has 36 heteroatoms. The van der Waals surface area contributed by atoms with E-state index in [0.717, 1.165) is 13.8 Å². The molecule has 0 aromatic heterocycles. The van der Waals surface area contributed by atoms with Crippen molar-refractivity contribution in [2.24, 2.45) is 0 Å². The largest absolute Gasteiger partial charge is 0.394 e. The standard InChI is InChI=1S/C44H75N3O33/c1-12(56)46-21-26(61)23(58)15(4-49)70-39(21)78-36-20(9-54)75-44(77-35-19(8-53)74-41(31(66)29(35)64)69-10-14(3-48)45-11-55)33(68)38(36)80-40-22(47-13(2)57)27(62)34(18(7-52)73-40)76-43-32(67)37(25(60)17(6-51)72-43)79-42-30(65)28(63)24(59)16(5-50)71-42/h11,14-44,48-54,58-68H,3-10H2,1-2H3,(H,45,55)(H,46,56)(H,47,57)/t14-,15-,16-,17-,18-,19-,20-,21-,22-,23+,24+,25+,26-,27-,28+,29-,30-,31-,32-,33-,34+,35-,36+,37+,38-,39+,40+,41-,42-,43+,44+/m1/s1. The van der Waals surface area contributed by atoms with Crippen LogP contribution in [0.5, 0.6) is 0 Å². The van der Waals surface area contributed by atoms with Gasteiger partial charge in [-0.1, -0.05) is 0 Å². The monoisotopic (exact) mass is 1170 g/mol. The second kappa shape index (κ2) is 29.8. The summed E-state index contributed by atoms with van der Waals surface area (Å²) in [6.07, 6.45) is -54.2. The molecule has 464 valence electrons. The van der Waals surface area contributed by atoms with Crippen molar-refractivity contribution in [1.29, 1.82) is 0 Å². The average molecular weight is 1170 g/mol. The minimum absolute atomic E-state index is 0.259. The second-order valence-electron chi connectivity index (χ2n) is 19.7. The molecule has 0 spiro atoms. The molecule has 0 bridgehead atoms. The van der Waals surface area contributed by atoms with Crippen LogP contribution in [0.3, 0.4) is 0 Å². The number of ether oxygens (including phenoxy) is 12. The molecular formula is C44H75N3O33. The normalized spacial score (nSPS) is 46.8. The second-order valence-corrected chi connectivity index (χ2v) is 19.7. The highest BCUT2D eigenvalue weighted by molar-refractivity contribution is 5.73. The van der Waals surface area contributed by atoms with E-state index in [1.807, 2.05) is 0 Å². The molecule has 0 unspecified atom stereocenters. The van der Waals surface area contributed by atoms with Crippen molar-refractivity contribution in [3.05, 3.63) is 0 Å². The molecule has 0 saturated carbocycles. The highest BCUT2D eigenvalue weighted by Gasteiger charge is 2.59. The van der Waals surface area contributed by atoms with Crippen molar-refractivity contribution < 1.29 is 163 Å². The molecule has 21 N–H and O–H groups in total. The van der Waals surface area contributed by atoms with E-state index in [0.29, 0.717) is 0 Å². The summed E-state index contributed by atoms with van der Waals surface area (Å²) in [5.41, 5.74) is 0. The van der Waals surface area contributed by atoms with E-state index in [2.05, 4.69) is 16.0 Å². The third-order valence-electron chi connectivity index (χ3n) is 14.2. The molecule has 0 radical (unpaired) electrons. The maximum Gasteiger partial charge on any atom is 0.217 e. The van der Waals surface area contributed by atoms with Crippen LogP contribution in [0.25, 0.3) is 0 Å². The summed E-state index contributed by atoms with van der Waals surface area (Å²) >= 11 is 0. The first-order chi connectivity index (χ1) is 38.0. The fourth-order valence-electron chi connectivity index (χ4n) is 9.90. The predicted octanol–water partition coefficient (Wildman–Crippen LogP) is -14.7. The van der Waals surface area contributed by atoms with Crippen LogP contribution in [0.15, 0.2) is 0 Å². The number of aliphatic hydroxyl groups excluding tert-OH is 18. The molecule has 80 heavy (non-hydrogen) atoms. The van der Waals surface area contributed by atoms with Gasteiger partial charge in [0, 0.05) is 13.8 Å². The van der Waals surface area contributed by atoms with Crippen LogP contribution in [0.2, 0.25) is 0 Å². The summed E-state index contributed by atoms with van der Waals surface area (Å²) < 4.78 is 69.7. The lowest BCUT2D eigenvalue weighted by Gasteiger charge is -2.51. The van der Waals surface area contributed by atoms with Gasteiger partial charge in [0.15, 0.2) is 37.7 Å². The minimum atomic E-state index is -2.33. The van der Waals surface area contributed by atoms with Crippen LogP contribution in [0.1, 0.15) is 13.8 Å². The highest BCUT2D eigenvalue weighted by Crippen LogP contribution is 2.38. The van der Waals surface area contributed by atoms with E-state index in [9.17, 15) is 106 Å². The maximum atomic E-state index is 12.9. The third kappa shape index (κ3) is 14.8. The molecule has 6 aliphatic heterocycles. The zero-order chi connectivity index (χ0) is 59.0. The van der Waals surface area contributed by atoms with Gasteiger partial charge < -0.3 is 165 Å². The Balaban J connectivity index is 1.32. The Morgan fingerprint density at radius 1 is 0.400 bits per heavy atom. The van der Waals surface area contributed by atoms with Crippen LogP contribution >= 0.6 is 0 Å². The lowest BCUT2D eigenvalue weighted by Crippen LogP contribution is -2.71. The van der Waals surface area contributed by atoms with Crippen LogP contribution in [-0.4, -0.2) is 353 Å². The Kier molecular flexibility index (Phi) is 24.7. The minimum Gasteiger partial charge on any atom is -0.394 e. The average Bonchev–Trinajstić information content (AvgIpc) is 3.58. The van der Waals surface area contributed by atoms with E-state index in [1.165, 1.54) is 0 Å². The highest BCUT2D eigenvalue weighted by atomic mass is 16.8. The van der Waals surface area contributed by atoms with Crippen LogP contribution in [-0.2, 0) is 71.2 Å². The number of nitrogens with one attached hydrogen (secondary N) is 3. The van der Waals surface area contributed by atoms with Crippen LogP contribution < -0.4 is 16.0 Å².